The lowest BCUT2D eigenvalue weighted by Crippen LogP contribution is -2.63. The van der Waals surface area contributed by atoms with Crippen LogP contribution in [0.5, 0.6) is 0 Å². The van der Waals surface area contributed by atoms with Crippen molar-refractivity contribution < 1.29 is 191 Å². The van der Waals surface area contributed by atoms with E-state index in [9.17, 15) is 148 Å². The standard InChI is InChI=1S/C53H90N2O38/c1-54-9-11-55(12-10-54)21-30-45-37(70)44(77)53(92-30)91-29(8-19-62)36(69)38(71)47(79)85-22(2-13-56)20-23(63)46(78)86-24(3-14-57)31(64)39(72)48(80)87-25(4-15-58)32(65)40(73)49(81)88-26(5-16-59)33(66)41(74)50(82)89-27(6-17-60)34(67)42(75)51(83)90-28(7-18-61)35(68)43(76)52(84)93-45/h20,22,24-30,37,44-53,56-84H,2-19,21H2,1H3/b23-20+,38-36-,39-31+,40-32-,41-33-,42-34+,43-35+. The summed E-state index contributed by atoms with van der Waals surface area (Å²) >= 11 is 0. The largest absolute Gasteiger partial charge is 0.507 e. The summed E-state index contributed by atoms with van der Waals surface area (Å²) in [4.78, 5) is 3.69. The molecule has 40 heteroatoms. The van der Waals surface area contributed by atoms with Crippen LogP contribution < -0.4 is 0 Å². The molecule has 4 aliphatic rings. The predicted molar refractivity (Wildman–Crippen MR) is 302 cm³/mol. The third-order valence-electron chi connectivity index (χ3n) is 14.2. The highest BCUT2D eigenvalue weighted by atomic mass is 16.7. The Kier molecular flexibility index (Phi) is 35.3. The van der Waals surface area contributed by atoms with Crippen molar-refractivity contribution in [3.63, 3.8) is 0 Å². The molecule has 0 saturated carbocycles. The second-order valence-electron chi connectivity index (χ2n) is 20.9. The molecule has 0 aromatic carbocycles. The van der Waals surface area contributed by atoms with Gasteiger partial charge in [-0.15, -0.1) is 0 Å². The molecule has 0 aliphatic carbocycles. The third-order valence-corrected chi connectivity index (χ3v) is 14.2. The highest BCUT2D eigenvalue weighted by molar-refractivity contribution is 5.15. The normalized spacial score (nSPS) is 39.8. The summed E-state index contributed by atoms with van der Waals surface area (Å²) < 4.78 is 48.1. The van der Waals surface area contributed by atoms with Crippen molar-refractivity contribution in [3.8, 4) is 0 Å². The van der Waals surface area contributed by atoms with Crippen LogP contribution in [-0.4, -0.2) is 361 Å². The lowest BCUT2D eigenvalue weighted by Gasteiger charge is -2.45. The molecule has 40 nitrogen and oxygen atoms in total. The molecule has 2 saturated heterocycles. The molecule has 19 atom stereocenters. The van der Waals surface area contributed by atoms with Crippen molar-refractivity contribution in [2.24, 2.45) is 0 Å². The van der Waals surface area contributed by atoms with Crippen molar-refractivity contribution in [2.75, 3.05) is 86.0 Å². The molecule has 2 fully saturated rings. The van der Waals surface area contributed by atoms with Gasteiger partial charge in [0.05, 0.1) is 6.10 Å². The van der Waals surface area contributed by atoms with E-state index >= 15 is 0 Å². The summed E-state index contributed by atoms with van der Waals surface area (Å²) in [7, 11) is 1.81. The Hall–Kier alpha value is -5.50. The van der Waals surface area contributed by atoms with E-state index in [4.69, 9.17) is 42.6 Å². The van der Waals surface area contributed by atoms with Crippen LogP contribution in [0.3, 0.4) is 0 Å². The maximum Gasteiger partial charge on any atom is 0.218 e. The minimum atomic E-state index is -2.89. The fraction of sp³-hybridized carbons (Fsp3) is 0.736. The fourth-order valence-corrected chi connectivity index (χ4v) is 8.99. The number of ether oxygens (including phenoxy) is 9. The Balaban J connectivity index is 2.27. The highest BCUT2D eigenvalue weighted by Crippen LogP contribution is 2.32. The Morgan fingerprint density at radius 3 is 0.914 bits per heavy atom. The summed E-state index contributed by atoms with van der Waals surface area (Å²) in [5, 5.41) is 311. The van der Waals surface area contributed by atoms with Gasteiger partial charge in [-0.3, -0.25) is 4.90 Å². The molecule has 2 bridgehead atoms. The van der Waals surface area contributed by atoms with E-state index in [1.54, 1.807) is 4.90 Å². The molecular formula is C53H90N2O38. The van der Waals surface area contributed by atoms with Gasteiger partial charge in [0.15, 0.2) is 75.4 Å². The molecule has 0 aromatic heterocycles. The summed E-state index contributed by atoms with van der Waals surface area (Å²) in [6, 6.07) is 0. The summed E-state index contributed by atoms with van der Waals surface area (Å²) in [5.41, 5.74) is 0. The van der Waals surface area contributed by atoms with Gasteiger partial charge in [-0.2, -0.15) is 0 Å². The molecule has 4 heterocycles. The number of piperazine rings is 1. The number of aliphatic hydroxyl groups is 29. The highest BCUT2D eigenvalue weighted by Gasteiger charge is 2.49. The van der Waals surface area contributed by atoms with E-state index in [0.717, 1.165) is 0 Å². The van der Waals surface area contributed by atoms with Crippen molar-refractivity contribution >= 4 is 0 Å². The number of hydrogen-bond acceptors (Lipinski definition) is 40. The number of nitrogens with zero attached hydrogens (tertiary/aromatic N) is 2. The van der Waals surface area contributed by atoms with Gasteiger partial charge in [0.1, 0.15) is 66.8 Å². The Morgan fingerprint density at radius 1 is 0.323 bits per heavy atom. The molecule has 93 heavy (non-hydrogen) atoms. The first-order chi connectivity index (χ1) is 43.9. The number of rotatable bonds is 16. The number of fused-ring (bicyclic) bond motifs is 30. The third kappa shape index (κ3) is 23.7. The number of hydrogen-bond donors (Lipinski definition) is 29. The molecule has 19 unspecified atom stereocenters. The van der Waals surface area contributed by atoms with Crippen LogP contribution in [0.25, 0.3) is 0 Å². The van der Waals surface area contributed by atoms with E-state index in [0.29, 0.717) is 32.3 Å². The monoisotopic (exact) mass is 1360 g/mol. The Bertz CT molecular complexity index is 2470. The summed E-state index contributed by atoms with van der Waals surface area (Å²) in [5.74, 6) is -20.1. The number of aliphatic hydroxyl groups excluding tert-OH is 29. The lowest BCUT2D eigenvalue weighted by atomic mass is 9.97. The van der Waals surface area contributed by atoms with Crippen LogP contribution in [-0.2, 0) is 42.6 Å². The molecule has 4 aliphatic heterocycles. The first kappa shape index (κ1) is 81.7. The van der Waals surface area contributed by atoms with E-state index < -0.39 is 284 Å². The van der Waals surface area contributed by atoms with Gasteiger partial charge in [-0.1, -0.05) is 0 Å². The average molecular weight is 1360 g/mol. The molecule has 29 N–H and O–H groups in total. The lowest BCUT2D eigenvalue weighted by molar-refractivity contribution is -0.327. The summed E-state index contributed by atoms with van der Waals surface area (Å²) in [6.45, 7) is -5.32. The molecule has 0 spiro atoms. The van der Waals surface area contributed by atoms with Crippen LogP contribution >= 0.6 is 0 Å². The van der Waals surface area contributed by atoms with Crippen molar-refractivity contribution in [1.82, 2.24) is 9.80 Å². The van der Waals surface area contributed by atoms with Crippen molar-refractivity contribution in [2.45, 2.75) is 162 Å². The molecule has 540 valence electrons. The van der Waals surface area contributed by atoms with Gasteiger partial charge in [-0.05, 0) is 13.1 Å². The topological polar surface area (TPSA) is 676 Å². The minimum absolute atomic E-state index is 0.250. The molecule has 0 aromatic rings. The zero-order valence-electron chi connectivity index (χ0n) is 50.0. The van der Waals surface area contributed by atoms with Gasteiger partial charge in [0, 0.05) is 124 Å². The van der Waals surface area contributed by atoms with Gasteiger partial charge >= 0.3 is 0 Å². The van der Waals surface area contributed by atoms with E-state index in [-0.39, 0.29) is 6.54 Å². The minimum Gasteiger partial charge on any atom is -0.507 e. The van der Waals surface area contributed by atoms with Crippen LogP contribution in [0, 0.1) is 0 Å². The van der Waals surface area contributed by atoms with Gasteiger partial charge in [-0.25, -0.2) is 0 Å². The fourth-order valence-electron chi connectivity index (χ4n) is 8.99. The maximum atomic E-state index is 11.6. The molecular weight excluding hydrogens is 1270 g/mol. The smallest absolute Gasteiger partial charge is 0.218 e. The first-order valence-electron chi connectivity index (χ1n) is 28.7. The van der Waals surface area contributed by atoms with Crippen molar-refractivity contribution in [3.05, 3.63) is 80.9 Å². The molecule has 4 rings (SSSR count). The maximum absolute atomic E-state index is 11.6. The van der Waals surface area contributed by atoms with Crippen LogP contribution in [0.15, 0.2) is 80.9 Å². The number of likely N-dealkylation sites (N-methyl/N-ethyl adjacent to an activating group) is 1. The van der Waals surface area contributed by atoms with Gasteiger partial charge in [0.2, 0.25) is 44.0 Å². The van der Waals surface area contributed by atoms with Gasteiger partial charge in [0.25, 0.3) is 0 Å². The van der Waals surface area contributed by atoms with Crippen LogP contribution in [0.4, 0.5) is 0 Å². The summed E-state index contributed by atoms with van der Waals surface area (Å²) in [6.07, 6.45) is -49.7. The quantitative estimate of drug-likeness (QED) is 0.0684. The van der Waals surface area contributed by atoms with Gasteiger partial charge < -0.3 is 196 Å². The Morgan fingerprint density at radius 2 is 0.602 bits per heavy atom. The Labute approximate surface area is 528 Å². The average Bonchev–Trinajstić information content (AvgIpc) is 0.851. The van der Waals surface area contributed by atoms with Crippen molar-refractivity contribution in [1.29, 1.82) is 0 Å². The van der Waals surface area contributed by atoms with E-state index in [2.05, 4.69) is 0 Å². The van der Waals surface area contributed by atoms with Crippen LogP contribution in [0.2, 0.25) is 0 Å². The molecule has 0 radical (unpaired) electrons. The zero-order valence-corrected chi connectivity index (χ0v) is 50.0. The zero-order chi connectivity index (χ0) is 70.1. The second kappa shape index (κ2) is 40.1. The van der Waals surface area contributed by atoms with E-state index in [1.807, 2.05) is 11.9 Å². The first-order valence-corrected chi connectivity index (χ1v) is 28.7. The van der Waals surface area contributed by atoms with Crippen LogP contribution in [0.1, 0.15) is 44.9 Å². The van der Waals surface area contributed by atoms with E-state index in [1.165, 1.54) is 0 Å². The second-order valence-corrected chi connectivity index (χ2v) is 20.9. The predicted octanol–water partition coefficient (Wildman–Crippen LogP) is -5.91. The SMILES string of the molecule is CN1CCN(CC2OC3OC(CCO)/C(O)=C(/O)C(O)OC(CCO)/C=C(/O)C(O)OC(CCO)/C(O)=C(\O)C(O)OC(CCO)/C(O)=C(/O)C(O)OC(CCO)/C(O)=C(/O)C(O)OC(CCO)/C(O)=C(\O)C(O)OC(CCO)/C(O)=C(\O)C(O)OC2C(O)C3O)CC1. The molecule has 0 amide bonds.